The van der Waals surface area contributed by atoms with Crippen LogP contribution < -0.4 is 0 Å². The lowest BCUT2D eigenvalue weighted by molar-refractivity contribution is 0.0690. The number of nitrogens with one attached hydrogen (secondary N) is 1. The number of hydrogen-bond donors (Lipinski definition) is 2. The molecule has 2 heterocycles. The fourth-order valence-corrected chi connectivity index (χ4v) is 0.905. The van der Waals surface area contributed by atoms with Crippen LogP contribution in [-0.4, -0.2) is 36.2 Å². The van der Waals surface area contributed by atoms with Crippen molar-refractivity contribution < 1.29 is 9.90 Å². The highest BCUT2D eigenvalue weighted by Crippen LogP contribution is 2.06. The van der Waals surface area contributed by atoms with Crippen LogP contribution >= 0.6 is 0 Å². The van der Waals surface area contributed by atoms with E-state index in [-0.39, 0.29) is 11.5 Å². The zero-order valence-corrected chi connectivity index (χ0v) is 6.88. The summed E-state index contributed by atoms with van der Waals surface area (Å²) in [6.07, 6.45) is 2.65. The molecule has 7 nitrogen and oxygen atoms in total. The number of hydrogen-bond acceptors (Lipinski definition) is 5. The van der Waals surface area contributed by atoms with Gasteiger partial charge >= 0.3 is 5.97 Å². The minimum absolute atomic E-state index is 0.0774. The average molecular weight is 191 g/mol. The molecule has 2 aromatic heterocycles. The smallest absolute Gasteiger partial charge is 0.354 e. The summed E-state index contributed by atoms with van der Waals surface area (Å²) in [4.78, 5) is 22.0. The van der Waals surface area contributed by atoms with Crippen LogP contribution in [0.15, 0.2) is 18.6 Å². The molecule has 0 bridgehead atoms. The number of carboxylic acid groups (broad SMARTS) is 1. The predicted molar refractivity (Wildman–Crippen MR) is 44.4 cm³/mol. The number of nitrogens with zero attached hydrogens (tertiary/aromatic N) is 4. The standard InChI is InChI=1S/C7H5N5O2/c13-7(14)4-1-2-8-5(11-4)6-9-3-10-12-6/h1-3H,(H,13,14)(H,9,10,12). The van der Waals surface area contributed by atoms with Crippen molar-refractivity contribution in [1.82, 2.24) is 25.1 Å². The van der Waals surface area contributed by atoms with Crippen LogP contribution in [0.2, 0.25) is 0 Å². The second kappa shape index (κ2) is 3.21. The average Bonchev–Trinajstić information content (AvgIpc) is 2.71. The normalized spacial score (nSPS) is 10.0. The lowest BCUT2D eigenvalue weighted by atomic mass is 10.4. The minimum Gasteiger partial charge on any atom is -0.477 e. The van der Waals surface area contributed by atoms with Crippen LogP contribution in [0.1, 0.15) is 10.5 Å². The van der Waals surface area contributed by atoms with Crippen LogP contribution in [0.5, 0.6) is 0 Å². The van der Waals surface area contributed by atoms with E-state index in [0.29, 0.717) is 5.82 Å². The molecular weight excluding hydrogens is 186 g/mol. The van der Waals surface area contributed by atoms with Crippen LogP contribution in [0.3, 0.4) is 0 Å². The van der Waals surface area contributed by atoms with Gasteiger partial charge in [-0.15, -0.1) is 0 Å². The quantitative estimate of drug-likeness (QED) is 0.690. The molecular formula is C7H5N5O2. The second-order valence-corrected chi connectivity index (χ2v) is 2.40. The molecule has 0 aliphatic heterocycles. The first-order valence-electron chi connectivity index (χ1n) is 3.69. The maximum atomic E-state index is 10.6. The molecule has 0 amide bonds. The first-order chi connectivity index (χ1) is 6.77. The third-order valence-corrected chi connectivity index (χ3v) is 1.50. The summed E-state index contributed by atoms with van der Waals surface area (Å²) in [5.41, 5.74) is -0.0774. The van der Waals surface area contributed by atoms with Crippen molar-refractivity contribution >= 4 is 5.97 Å². The van der Waals surface area contributed by atoms with Gasteiger partial charge in [0.05, 0.1) is 0 Å². The molecule has 2 aromatic rings. The van der Waals surface area contributed by atoms with Crippen LogP contribution in [-0.2, 0) is 0 Å². The van der Waals surface area contributed by atoms with E-state index in [9.17, 15) is 4.79 Å². The summed E-state index contributed by atoms with van der Waals surface area (Å²) in [5, 5.41) is 14.8. The van der Waals surface area contributed by atoms with Gasteiger partial charge in [0.25, 0.3) is 0 Å². The van der Waals surface area contributed by atoms with E-state index in [1.54, 1.807) is 0 Å². The lowest BCUT2D eigenvalue weighted by Gasteiger charge is -1.95. The highest BCUT2D eigenvalue weighted by Gasteiger charge is 2.08. The Balaban J connectivity index is 2.46. The van der Waals surface area contributed by atoms with Gasteiger partial charge in [0.1, 0.15) is 6.33 Å². The molecule has 0 atom stereocenters. The third kappa shape index (κ3) is 1.42. The fraction of sp³-hybridized carbons (Fsp3) is 0. The summed E-state index contributed by atoms with van der Waals surface area (Å²) in [6.45, 7) is 0. The van der Waals surface area contributed by atoms with Gasteiger partial charge in [-0.2, -0.15) is 5.10 Å². The van der Waals surface area contributed by atoms with Crippen molar-refractivity contribution in [3.8, 4) is 11.6 Å². The van der Waals surface area contributed by atoms with Crippen molar-refractivity contribution in [2.75, 3.05) is 0 Å². The number of carboxylic acids is 1. The molecule has 0 saturated heterocycles. The molecule has 14 heavy (non-hydrogen) atoms. The molecule has 2 rings (SSSR count). The second-order valence-electron chi connectivity index (χ2n) is 2.40. The van der Waals surface area contributed by atoms with Gasteiger partial charge in [0.2, 0.25) is 0 Å². The van der Waals surface area contributed by atoms with Gasteiger partial charge in [-0.25, -0.2) is 19.7 Å². The van der Waals surface area contributed by atoms with Gasteiger partial charge in [0, 0.05) is 6.20 Å². The van der Waals surface area contributed by atoms with Crippen molar-refractivity contribution in [3.63, 3.8) is 0 Å². The molecule has 0 radical (unpaired) electrons. The summed E-state index contributed by atoms with van der Waals surface area (Å²) in [5.74, 6) is -0.552. The number of aromatic nitrogens is 5. The minimum atomic E-state index is -1.10. The summed E-state index contributed by atoms with van der Waals surface area (Å²) in [6, 6.07) is 1.31. The first kappa shape index (κ1) is 8.30. The van der Waals surface area contributed by atoms with Gasteiger partial charge in [-0.05, 0) is 6.07 Å². The van der Waals surface area contributed by atoms with Crippen molar-refractivity contribution in [1.29, 1.82) is 0 Å². The maximum Gasteiger partial charge on any atom is 0.354 e. The zero-order chi connectivity index (χ0) is 9.97. The highest BCUT2D eigenvalue weighted by molar-refractivity contribution is 5.85. The largest absolute Gasteiger partial charge is 0.477 e. The Bertz CT molecular complexity index is 453. The molecule has 2 N–H and O–H groups in total. The van der Waals surface area contributed by atoms with Gasteiger partial charge in [0.15, 0.2) is 17.3 Å². The SMILES string of the molecule is O=C(O)c1ccnc(-c2ncn[nH]2)n1. The summed E-state index contributed by atoms with van der Waals surface area (Å²) < 4.78 is 0. The molecule has 0 spiro atoms. The van der Waals surface area contributed by atoms with Crippen molar-refractivity contribution in [3.05, 3.63) is 24.3 Å². The highest BCUT2D eigenvalue weighted by atomic mass is 16.4. The van der Waals surface area contributed by atoms with Gasteiger partial charge in [-0.1, -0.05) is 0 Å². The van der Waals surface area contributed by atoms with E-state index in [0.717, 1.165) is 0 Å². The number of H-pyrrole nitrogens is 1. The van der Waals surface area contributed by atoms with Crippen molar-refractivity contribution in [2.24, 2.45) is 0 Å². The van der Waals surface area contributed by atoms with Crippen LogP contribution in [0.4, 0.5) is 0 Å². The van der Waals surface area contributed by atoms with E-state index in [1.807, 2.05) is 0 Å². The number of aromatic amines is 1. The molecule has 0 saturated carbocycles. The fourth-order valence-electron chi connectivity index (χ4n) is 0.905. The van der Waals surface area contributed by atoms with E-state index in [1.165, 1.54) is 18.6 Å². The first-order valence-corrected chi connectivity index (χ1v) is 3.69. The van der Waals surface area contributed by atoms with E-state index in [4.69, 9.17) is 5.11 Å². The van der Waals surface area contributed by atoms with Crippen LogP contribution in [0, 0.1) is 0 Å². The molecule has 0 aliphatic carbocycles. The maximum absolute atomic E-state index is 10.6. The molecule has 0 unspecified atom stereocenters. The Labute approximate surface area is 77.9 Å². The Morgan fingerprint density at radius 3 is 2.93 bits per heavy atom. The Hall–Kier alpha value is -2.31. The Kier molecular flexibility index (Phi) is 1.90. The topological polar surface area (TPSA) is 105 Å². The number of aromatic carboxylic acids is 1. The molecule has 0 aliphatic rings. The van der Waals surface area contributed by atoms with E-state index < -0.39 is 5.97 Å². The van der Waals surface area contributed by atoms with Gasteiger partial charge in [-0.3, -0.25) is 5.10 Å². The lowest BCUT2D eigenvalue weighted by Crippen LogP contribution is -2.02. The summed E-state index contributed by atoms with van der Waals surface area (Å²) >= 11 is 0. The monoisotopic (exact) mass is 191 g/mol. The van der Waals surface area contributed by atoms with E-state index >= 15 is 0 Å². The van der Waals surface area contributed by atoms with Crippen molar-refractivity contribution in [2.45, 2.75) is 0 Å². The molecule has 0 fully saturated rings. The zero-order valence-electron chi connectivity index (χ0n) is 6.88. The summed E-state index contributed by atoms with van der Waals surface area (Å²) in [7, 11) is 0. The van der Waals surface area contributed by atoms with E-state index in [2.05, 4.69) is 25.1 Å². The van der Waals surface area contributed by atoms with Gasteiger partial charge < -0.3 is 5.11 Å². The molecule has 70 valence electrons. The number of carbonyl (C=O) groups is 1. The Morgan fingerprint density at radius 1 is 1.43 bits per heavy atom. The predicted octanol–water partition coefficient (Wildman–Crippen LogP) is -0.0401. The molecule has 0 aromatic carbocycles. The third-order valence-electron chi connectivity index (χ3n) is 1.50. The Morgan fingerprint density at radius 2 is 2.29 bits per heavy atom. The number of rotatable bonds is 2. The van der Waals surface area contributed by atoms with Crippen LogP contribution in [0.25, 0.3) is 11.6 Å². The molecule has 7 heteroatoms.